The predicted molar refractivity (Wildman–Crippen MR) is 60.1 cm³/mol. The molecule has 0 aliphatic rings. The van der Waals surface area contributed by atoms with Crippen LogP contribution in [0.3, 0.4) is 0 Å². The molecule has 1 atom stereocenters. The monoisotopic (exact) mass is 228 g/mol. The number of thiazole rings is 1. The molecule has 15 heavy (non-hydrogen) atoms. The molecule has 0 aliphatic carbocycles. The molecule has 1 rings (SSSR count). The highest BCUT2D eigenvalue weighted by molar-refractivity contribution is 7.11. The molecule has 1 aromatic heterocycles. The molecular weight excluding hydrogens is 212 g/mol. The molecule has 1 aromatic rings. The minimum absolute atomic E-state index is 0.0454. The van der Waals surface area contributed by atoms with E-state index in [4.69, 9.17) is 5.11 Å². The summed E-state index contributed by atoms with van der Waals surface area (Å²) < 4.78 is 0. The van der Waals surface area contributed by atoms with Crippen LogP contribution in [0.25, 0.3) is 0 Å². The smallest absolute Gasteiger partial charge is 0.263 e. The first-order valence-corrected chi connectivity index (χ1v) is 5.88. The van der Waals surface area contributed by atoms with Crippen LogP contribution in [-0.4, -0.2) is 28.6 Å². The minimum atomic E-state index is -0.0877. The lowest BCUT2D eigenvalue weighted by Crippen LogP contribution is -2.34. The van der Waals surface area contributed by atoms with E-state index in [0.717, 1.165) is 12.1 Å². The molecule has 0 aliphatic heterocycles. The Morgan fingerprint density at radius 1 is 1.73 bits per heavy atom. The Hall–Kier alpha value is -0.940. The van der Waals surface area contributed by atoms with Gasteiger partial charge in [0, 0.05) is 12.6 Å². The van der Waals surface area contributed by atoms with Crippen LogP contribution in [0, 0.1) is 6.92 Å². The summed E-state index contributed by atoms with van der Waals surface area (Å²) in [5.74, 6) is -0.0877. The third kappa shape index (κ3) is 3.28. The minimum Gasteiger partial charge on any atom is -0.396 e. The molecule has 84 valence electrons. The van der Waals surface area contributed by atoms with Crippen molar-refractivity contribution < 1.29 is 9.90 Å². The van der Waals surface area contributed by atoms with Crippen molar-refractivity contribution in [2.75, 3.05) is 6.61 Å². The second-order valence-electron chi connectivity index (χ2n) is 3.36. The summed E-state index contributed by atoms with van der Waals surface area (Å²) in [6.07, 6.45) is 1.42. The molecule has 5 heteroatoms. The van der Waals surface area contributed by atoms with E-state index in [0.29, 0.717) is 11.3 Å². The maximum atomic E-state index is 11.7. The van der Waals surface area contributed by atoms with Gasteiger partial charge in [-0.15, -0.1) is 11.3 Å². The van der Waals surface area contributed by atoms with E-state index >= 15 is 0 Å². The largest absolute Gasteiger partial charge is 0.396 e. The van der Waals surface area contributed by atoms with Crippen molar-refractivity contribution in [1.82, 2.24) is 10.3 Å². The van der Waals surface area contributed by atoms with Gasteiger partial charge in [-0.3, -0.25) is 4.79 Å². The van der Waals surface area contributed by atoms with Gasteiger partial charge in [0.15, 0.2) is 0 Å². The third-order valence-electron chi connectivity index (χ3n) is 2.26. The molecule has 0 saturated carbocycles. The van der Waals surface area contributed by atoms with E-state index in [1.807, 2.05) is 13.8 Å². The summed E-state index contributed by atoms with van der Waals surface area (Å²) >= 11 is 1.34. The van der Waals surface area contributed by atoms with Crippen molar-refractivity contribution in [1.29, 1.82) is 0 Å². The first kappa shape index (κ1) is 12.1. The van der Waals surface area contributed by atoms with Crippen molar-refractivity contribution in [2.45, 2.75) is 32.7 Å². The summed E-state index contributed by atoms with van der Waals surface area (Å²) in [7, 11) is 0. The molecule has 1 heterocycles. The Balaban J connectivity index is 2.58. The number of nitrogens with zero attached hydrogens (tertiary/aromatic N) is 1. The van der Waals surface area contributed by atoms with E-state index in [9.17, 15) is 4.79 Å². The number of amides is 1. The fourth-order valence-corrected chi connectivity index (χ4v) is 2.01. The average molecular weight is 228 g/mol. The van der Waals surface area contributed by atoms with Gasteiger partial charge in [-0.25, -0.2) is 4.98 Å². The van der Waals surface area contributed by atoms with Gasteiger partial charge in [0.1, 0.15) is 4.88 Å². The topological polar surface area (TPSA) is 62.2 Å². The molecule has 0 aromatic carbocycles. The van der Waals surface area contributed by atoms with Crippen LogP contribution in [0.1, 0.15) is 35.1 Å². The van der Waals surface area contributed by atoms with Gasteiger partial charge in [0.25, 0.3) is 5.91 Å². The lowest BCUT2D eigenvalue weighted by molar-refractivity contribution is 0.0932. The van der Waals surface area contributed by atoms with E-state index in [2.05, 4.69) is 10.3 Å². The number of aliphatic hydroxyl groups excluding tert-OH is 1. The Kier molecular flexibility index (Phi) is 4.71. The number of nitrogens with one attached hydrogen (secondary N) is 1. The molecule has 2 N–H and O–H groups in total. The molecule has 0 bridgehead atoms. The number of aromatic nitrogens is 1. The van der Waals surface area contributed by atoms with Gasteiger partial charge in [-0.05, 0) is 19.8 Å². The van der Waals surface area contributed by atoms with Gasteiger partial charge in [0.05, 0.1) is 11.2 Å². The lowest BCUT2D eigenvalue weighted by atomic mass is 10.1. The van der Waals surface area contributed by atoms with E-state index in [1.54, 1.807) is 5.51 Å². The Bertz CT molecular complexity index is 325. The summed E-state index contributed by atoms with van der Waals surface area (Å²) in [5, 5.41) is 11.7. The Morgan fingerprint density at radius 3 is 2.93 bits per heavy atom. The molecule has 4 nitrogen and oxygen atoms in total. The van der Waals surface area contributed by atoms with Crippen LogP contribution in [0.15, 0.2) is 5.51 Å². The van der Waals surface area contributed by atoms with Gasteiger partial charge in [-0.2, -0.15) is 0 Å². The van der Waals surface area contributed by atoms with Crippen LogP contribution >= 0.6 is 11.3 Å². The highest BCUT2D eigenvalue weighted by Gasteiger charge is 2.15. The number of carbonyl (C=O) groups excluding carboxylic acids is 1. The summed E-state index contributed by atoms with van der Waals surface area (Å²) in [5.41, 5.74) is 2.42. The van der Waals surface area contributed by atoms with Crippen molar-refractivity contribution in [3.05, 3.63) is 16.1 Å². The first-order chi connectivity index (χ1) is 7.19. The first-order valence-electron chi connectivity index (χ1n) is 5.00. The average Bonchev–Trinajstić information content (AvgIpc) is 2.63. The number of aryl methyl sites for hydroxylation is 1. The predicted octanol–water partition coefficient (Wildman–Crippen LogP) is 1.34. The molecule has 0 saturated heterocycles. The van der Waals surface area contributed by atoms with Gasteiger partial charge in [-0.1, -0.05) is 6.92 Å². The number of hydrogen-bond donors (Lipinski definition) is 2. The van der Waals surface area contributed by atoms with Crippen molar-refractivity contribution in [3.8, 4) is 0 Å². The fourth-order valence-electron chi connectivity index (χ4n) is 1.30. The maximum absolute atomic E-state index is 11.7. The second-order valence-corrected chi connectivity index (χ2v) is 4.21. The zero-order valence-corrected chi connectivity index (χ0v) is 9.80. The van der Waals surface area contributed by atoms with Crippen molar-refractivity contribution >= 4 is 17.2 Å². The maximum Gasteiger partial charge on any atom is 0.263 e. The van der Waals surface area contributed by atoms with E-state index in [-0.39, 0.29) is 18.6 Å². The van der Waals surface area contributed by atoms with E-state index in [1.165, 1.54) is 11.3 Å². The zero-order chi connectivity index (χ0) is 11.3. The SMILES string of the molecule is CCC(CCO)NC(=O)c1scnc1C. The van der Waals surface area contributed by atoms with Crippen molar-refractivity contribution in [2.24, 2.45) is 0 Å². The van der Waals surface area contributed by atoms with Gasteiger partial charge in [0.2, 0.25) is 0 Å². The highest BCUT2D eigenvalue weighted by Crippen LogP contribution is 2.12. The number of rotatable bonds is 5. The van der Waals surface area contributed by atoms with Crippen LogP contribution in [-0.2, 0) is 0 Å². The van der Waals surface area contributed by atoms with Crippen molar-refractivity contribution in [3.63, 3.8) is 0 Å². The lowest BCUT2D eigenvalue weighted by Gasteiger charge is -2.14. The Morgan fingerprint density at radius 2 is 2.47 bits per heavy atom. The second kappa shape index (κ2) is 5.82. The number of carbonyl (C=O) groups is 1. The van der Waals surface area contributed by atoms with Crippen LogP contribution in [0.4, 0.5) is 0 Å². The highest BCUT2D eigenvalue weighted by atomic mass is 32.1. The van der Waals surface area contributed by atoms with Crippen LogP contribution in [0.5, 0.6) is 0 Å². The normalized spacial score (nSPS) is 12.5. The van der Waals surface area contributed by atoms with Gasteiger partial charge < -0.3 is 10.4 Å². The van der Waals surface area contributed by atoms with Gasteiger partial charge >= 0.3 is 0 Å². The molecule has 1 amide bonds. The quantitative estimate of drug-likeness (QED) is 0.799. The van der Waals surface area contributed by atoms with Crippen LogP contribution in [0.2, 0.25) is 0 Å². The number of hydrogen-bond acceptors (Lipinski definition) is 4. The number of aliphatic hydroxyl groups is 1. The third-order valence-corrected chi connectivity index (χ3v) is 3.18. The molecular formula is C10H16N2O2S. The molecule has 1 unspecified atom stereocenters. The standard InChI is InChI=1S/C10H16N2O2S/c1-3-8(4-5-13)12-10(14)9-7(2)11-6-15-9/h6,8,13H,3-5H2,1-2H3,(H,12,14). The summed E-state index contributed by atoms with van der Waals surface area (Å²) in [6.45, 7) is 3.90. The Labute approximate surface area is 93.4 Å². The zero-order valence-electron chi connectivity index (χ0n) is 8.99. The molecule has 0 spiro atoms. The fraction of sp³-hybridized carbons (Fsp3) is 0.600. The molecule has 0 radical (unpaired) electrons. The molecule has 0 fully saturated rings. The summed E-state index contributed by atoms with van der Waals surface area (Å²) in [6, 6.07) is 0.0454. The summed E-state index contributed by atoms with van der Waals surface area (Å²) in [4.78, 5) is 16.4. The van der Waals surface area contributed by atoms with E-state index < -0.39 is 0 Å². The van der Waals surface area contributed by atoms with Crippen LogP contribution < -0.4 is 5.32 Å².